The lowest BCUT2D eigenvalue weighted by molar-refractivity contribution is 0.0847. The molecule has 0 aliphatic rings. The first kappa shape index (κ1) is 20.2. The Kier molecular flexibility index (Phi) is 5.98. The van der Waals surface area contributed by atoms with Gasteiger partial charge in [-0.05, 0) is 35.4 Å². The topological polar surface area (TPSA) is 64.0 Å². The summed E-state index contributed by atoms with van der Waals surface area (Å²) in [4.78, 5) is 29.9. The van der Waals surface area contributed by atoms with Gasteiger partial charge in [-0.2, -0.15) is 0 Å². The third-order valence-electron chi connectivity index (χ3n) is 4.94. The molecule has 0 fully saturated rings. The highest BCUT2D eigenvalue weighted by Crippen LogP contribution is 2.19. The summed E-state index contributed by atoms with van der Waals surface area (Å²) in [6.07, 6.45) is 4.85. The van der Waals surface area contributed by atoms with Gasteiger partial charge < -0.3 is 9.88 Å². The van der Waals surface area contributed by atoms with Gasteiger partial charge in [-0.1, -0.05) is 54.6 Å². The van der Waals surface area contributed by atoms with Crippen LogP contribution >= 0.6 is 0 Å². The highest BCUT2D eigenvalue weighted by molar-refractivity contribution is 6.04. The van der Waals surface area contributed by atoms with Crippen molar-refractivity contribution < 1.29 is 14.0 Å². The number of imidazole rings is 1. The largest absolute Gasteiger partial charge is 0.340 e. The Morgan fingerprint density at radius 2 is 1.65 bits per heavy atom. The van der Waals surface area contributed by atoms with Crippen molar-refractivity contribution in [1.29, 1.82) is 0 Å². The van der Waals surface area contributed by atoms with Gasteiger partial charge in [0.15, 0.2) is 5.78 Å². The average Bonchev–Trinajstić information content (AvgIpc) is 3.32. The predicted molar refractivity (Wildman–Crippen MR) is 116 cm³/mol. The van der Waals surface area contributed by atoms with Crippen molar-refractivity contribution in [1.82, 2.24) is 14.9 Å². The number of ketones is 1. The molecule has 1 atom stereocenters. The molecule has 154 valence electrons. The molecular formula is C25H20FN3O2. The summed E-state index contributed by atoms with van der Waals surface area (Å²) in [5.41, 5.74) is 2.67. The molecule has 0 aliphatic heterocycles. The molecule has 1 amide bonds. The van der Waals surface area contributed by atoms with Gasteiger partial charge in [0.25, 0.3) is 5.91 Å². The molecule has 0 saturated heterocycles. The van der Waals surface area contributed by atoms with Gasteiger partial charge in [0.1, 0.15) is 11.9 Å². The molecule has 6 heteroatoms. The van der Waals surface area contributed by atoms with Crippen molar-refractivity contribution >= 4 is 11.7 Å². The van der Waals surface area contributed by atoms with E-state index in [1.807, 2.05) is 42.5 Å². The molecule has 0 radical (unpaired) electrons. The minimum absolute atomic E-state index is 0.184. The number of nitrogens with zero attached hydrogens (tertiary/aromatic N) is 2. The van der Waals surface area contributed by atoms with Crippen LogP contribution < -0.4 is 5.32 Å². The van der Waals surface area contributed by atoms with E-state index in [1.54, 1.807) is 35.4 Å². The Balaban J connectivity index is 1.54. The SMILES string of the molecule is O=C(NC(Cn1ccnc1)C(=O)c1cccc(F)c1)c1ccc(-c2ccccc2)cc1. The first-order valence-corrected chi connectivity index (χ1v) is 9.82. The number of carbonyl (C=O) groups is 2. The summed E-state index contributed by atoms with van der Waals surface area (Å²) >= 11 is 0. The van der Waals surface area contributed by atoms with E-state index in [2.05, 4.69) is 10.3 Å². The van der Waals surface area contributed by atoms with E-state index >= 15 is 0 Å². The van der Waals surface area contributed by atoms with E-state index in [-0.39, 0.29) is 23.8 Å². The number of hydrogen-bond acceptors (Lipinski definition) is 3. The fourth-order valence-electron chi connectivity index (χ4n) is 3.33. The van der Waals surface area contributed by atoms with Crippen LogP contribution in [0.1, 0.15) is 20.7 Å². The minimum atomic E-state index is -0.878. The van der Waals surface area contributed by atoms with Crippen LogP contribution in [0.5, 0.6) is 0 Å². The molecule has 4 rings (SSSR count). The molecule has 1 unspecified atom stereocenters. The maximum Gasteiger partial charge on any atom is 0.251 e. The van der Waals surface area contributed by atoms with Crippen LogP contribution in [-0.4, -0.2) is 27.3 Å². The minimum Gasteiger partial charge on any atom is -0.340 e. The number of nitrogens with one attached hydrogen (secondary N) is 1. The Bertz CT molecular complexity index is 1170. The van der Waals surface area contributed by atoms with Crippen molar-refractivity contribution in [3.63, 3.8) is 0 Å². The van der Waals surface area contributed by atoms with Gasteiger partial charge in [0.2, 0.25) is 0 Å². The van der Waals surface area contributed by atoms with Crippen molar-refractivity contribution in [3.8, 4) is 11.1 Å². The zero-order valence-corrected chi connectivity index (χ0v) is 16.6. The third kappa shape index (κ3) is 4.93. The van der Waals surface area contributed by atoms with Crippen LogP contribution in [0.2, 0.25) is 0 Å². The van der Waals surface area contributed by atoms with E-state index < -0.39 is 11.9 Å². The summed E-state index contributed by atoms with van der Waals surface area (Å²) in [6, 6.07) is 21.6. The summed E-state index contributed by atoms with van der Waals surface area (Å²) in [5.74, 6) is -1.26. The van der Waals surface area contributed by atoms with Gasteiger partial charge in [0.05, 0.1) is 12.9 Å². The van der Waals surface area contributed by atoms with Crippen LogP contribution in [-0.2, 0) is 6.54 Å². The van der Waals surface area contributed by atoms with Crippen molar-refractivity contribution in [3.05, 3.63) is 115 Å². The van der Waals surface area contributed by atoms with Crippen LogP contribution in [0.15, 0.2) is 97.6 Å². The predicted octanol–water partition coefficient (Wildman–Crippen LogP) is 4.37. The third-order valence-corrected chi connectivity index (χ3v) is 4.94. The normalized spacial score (nSPS) is 11.6. The average molecular weight is 413 g/mol. The molecule has 31 heavy (non-hydrogen) atoms. The highest BCUT2D eigenvalue weighted by Gasteiger charge is 2.23. The van der Waals surface area contributed by atoms with E-state index in [0.717, 1.165) is 11.1 Å². The summed E-state index contributed by atoms with van der Waals surface area (Å²) < 4.78 is 15.3. The van der Waals surface area contributed by atoms with Crippen LogP contribution in [0.3, 0.4) is 0 Å². The Hall–Kier alpha value is -4.06. The Labute approximate surface area is 179 Å². The van der Waals surface area contributed by atoms with E-state index in [9.17, 15) is 14.0 Å². The smallest absolute Gasteiger partial charge is 0.251 e. The zero-order chi connectivity index (χ0) is 21.6. The van der Waals surface area contributed by atoms with E-state index in [0.29, 0.717) is 5.56 Å². The lowest BCUT2D eigenvalue weighted by Crippen LogP contribution is -2.43. The number of aromatic nitrogens is 2. The second-order valence-corrected chi connectivity index (χ2v) is 7.10. The zero-order valence-electron chi connectivity index (χ0n) is 16.6. The van der Waals surface area contributed by atoms with Gasteiger partial charge in [-0.3, -0.25) is 9.59 Å². The van der Waals surface area contributed by atoms with Gasteiger partial charge in [-0.25, -0.2) is 9.37 Å². The number of carbonyl (C=O) groups excluding carboxylic acids is 2. The first-order valence-electron chi connectivity index (χ1n) is 9.82. The molecule has 0 aliphatic carbocycles. The fraction of sp³-hybridized carbons (Fsp3) is 0.0800. The fourth-order valence-corrected chi connectivity index (χ4v) is 3.33. The number of rotatable bonds is 7. The number of Topliss-reactive ketones (excluding diaryl/α,β-unsaturated/α-hetero) is 1. The molecule has 4 aromatic rings. The maximum absolute atomic E-state index is 13.6. The standard InChI is InChI=1S/C25H20FN3O2/c26-22-8-4-7-21(15-22)24(30)23(16-29-14-13-27-17-29)28-25(31)20-11-9-19(10-12-20)18-5-2-1-3-6-18/h1-15,17,23H,16H2,(H,28,31). The molecule has 1 N–H and O–H groups in total. The molecule has 5 nitrogen and oxygen atoms in total. The number of amides is 1. The highest BCUT2D eigenvalue weighted by atomic mass is 19.1. The molecule has 1 aromatic heterocycles. The maximum atomic E-state index is 13.6. The van der Waals surface area contributed by atoms with Crippen molar-refractivity contribution in [2.75, 3.05) is 0 Å². The van der Waals surface area contributed by atoms with Gasteiger partial charge in [-0.15, -0.1) is 0 Å². The number of halogens is 1. The monoisotopic (exact) mass is 413 g/mol. The Morgan fingerprint density at radius 1 is 0.903 bits per heavy atom. The van der Waals surface area contributed by atoms with Crippen LogP contribution in [0, 0.1) is 5.82 Å². The quantitative estimate of drug-likeness (QED) is 0.458. The lowest BCUT2D eigenvalue weighted by atomic mass is 10.0. The van der Waals surface area contributed by atoms with E-state index in [1.165, 1.54) is 24.3 Å². The van der Waals surface area contributed by atoms with Crippen LogP contribution in [0.4, 0.5) is 4.39 Å². The number of hydrogen-bond donors (Lipinski definition) is 1. The summed E-state index contributed by atoms with van der Waals surface area (Å²) in [6.45, 7) is 0.184. The molecule has 0 saturated carbocycles. The molecule has 1 heterocycles. The van der Waals surface area contributed by atoms with Gasteiger partial charge in [0, 0.05) is 23.5 Å². The van der Waals surface area contributed by atoms with Crippen molar-refractivity contribution in [2.24, 2.45) is 0 Å². The molecule has 0 spiro atoms. The molecule has 0 bridgehead atoms. The molecular weight excluding hydrogens is 393 g/mol. The van der Waals surface area contributed by atoms with Crippen LogP contribution in [0.25, 0.3) is 11.1 Å². The Morgan fingerprint density at radius 3 is 2.32 bits per heavy atom. The summed E-state index contributed by atoms with van der Waals surface area (Å²) in [7, 11) is 0. The number of benzene rings is 3. The van der Waals surface area contributed by atoms with Gasteiger partial charge >= 0.3 is 0 Å². The lowest BCUT2D eigenvalue weighted by Gasteiger charge is -2.18. The summed E-state index contributed by atoms with van der Waals surface area (Å²) in [5, 5.41) is 2.79. The second-order valence-electron chi connectivity index (χ2n) is 7.10. The van der Waals surface area contributed by atoms with Crippen molar-refractivity contribution in [2.45, 2.75) is 12.6 Å². The first-order chi connectivity index (χ1) is 15.1. The second kappa shape index (κ2) is 9.17. The van der Waals surface area contributed by atoms with E-state index in [4.69, 9.17) is 0 Å². The molecule has 3 aromatic carbocycles.